The number of rotatable bonds is 12. The number of para-hydroxylation sites is 2. The molecule has 1 aliphatic rings. The third kappa shape index (κ3) is 6.78. The molecule has 3 amide bonds. The Morgan fingerprint density at radius 2 is 1.48 bits per heavy atom. The zero-order chi connectivity index (χ0) is 31.4. The molecule has 4 atom stereocenters. The van der Waals surface area contributed by atoms with E-state index in [9.17, 15) is 24.3 Å². The molecule has 2 aromatic carbocycles. The van der Waals surface area contributed by atoms with E-state index in [2.05, 4.69) is 20.6 Å². The van der Waals surface area contributed by atoms with Crippen molar-refractivity contribution in [1.29, 1.82) is 0 Å². The van der Waals surface area contributed by atoms with Gasteiger partial charge in [-0.1, -0.05) is 50.2 Å². The van der Waals surface area contributed by atoms with Gasteiger partial charge in [-0.2, -0.15) is 0 Å². The van der Waals surface area contributed by atoms with E-state index in [-0.39, 0.29) is 24.7 Å². The van der Waals surface area contributed by atoms with Gasteiger partial charge in [-0.05, 0) is 48.4 Å². The van der Waals surface area contributed by atoms with Crippen LogP contribution < -0.4 is 16.4 Å². The Morgan fingerprint density at radius 3 is 2.05 bits per heavy atom. The molecule has 1 aliphatic heterocycles. The Balaban J connectivity index is 1.37. The summed E-state index contributed by atoms with van der Waals surface area (Å²) >= 11 is 0. The third-order valence-corrected chi connectivity index (χ3v) is 8.33. The Hall–Kier alpha value is -4.64. The molecule has 0 bridgehead atoms. The number of aliphatic carboxylic acids is 1. The maximum Gasteiger partial charge on any atom is 0.326 e. The molecule has 0 aliphatic carbocycles. The van der Waals surface area contributed by atoms with Gasteiger partial charge in [0.25, 0.3) is 0 Å². The van der Waals surface area contributed by atoms with E-state index in [0.717, 1.165) is 32.9 Å². The van der Waals surface area contributed by atoms with Crippen LogP contribution in [0, 0.1) is 5.92 Å². The Kier molecular flexibility index (Phi) is 9.34. The molecular weight excluding hydrogens is 560 g/mol. The number of aromatic amines is 2. The first kappa shape index (κ1) is 30.8. The third-order valence-electron chi connectivity index (χ3n) is 8.33. The summed E-state index contributed by atoms with van der Waals surface area (Å²) in [6.45, 7) is 4.38. The zero-order valence-corrected chi connectivity index (χ0v) is 25.0. The second-order valence-electron chi connectivity index (χ2n) is 12.0. The van der Waals surface area contributed by atoms with Gasteiger partial charge in [-0.3, -0.25) is 14.4 Å². The number of H-pyrrole nitrogens is 2. The van der Waals surface area contributed by atoms with E-state index < -0.39 is 42.0 Å². The van der Waals surface area contributed by atoms with E-state index in [1.54, 1.807) is 12.4 Å². The minimum Gasteiger partial charge on any atom is -0.480 e. The first-order chi connectivity index (χ1) is 21.1. The molecule has 232 valence electrons. The van der Waals surface area contributed by atoms with Crippen molar-refractivity contribution in [3.63, 3.8) is 0 Å². The number of fused-ring (bicyclic) bond motifs is 2. The Bertz CT molecular complexity index is 1660. The van der Waals surface area contributed by atoms with Crippen molar-refractivity contribution in [3.8, 4) is 0 Å². The minimum atomic E-state index is -1.23. The molecule has 1 saturated heterocycles. The van der Waals surface area contributed by atoms with E-state index in [4.69, 9.17) is 5.73 Å². The van der Waals surface area contributed by atoms with Crippen LogP contribution in [0.15, 0.2) is 60.9 Å². The fraction of sp³-hybridized carbons (Fsp3) is 0.394. The number of benzene rings is 2. The van der Waals surface area contributed by atoms with Gasteiger partial charge in [0.15, 0.2) is 0 Å². The molecule has 1 fully saturated rings. The number of carboxylic acid groups (broad SMARTS) is 1. The summed E-state index contributed by atoms with van der Waals surface area (Å²) in [6, 6.07) is 11.4. The topological polar surface area (TPSA) is 173 Å². The highest BCUT2D eigenvalue weighted by Crippen LogP contribution is 2.23. The van der Waals surface area contributed by atoms with Crippen molar-refractivity contribution in [1.82, 2.24) is 25.5 Å². The minimum absolute atomic E-state index is 0.0531. The normalized spacial score (nSPS) is 17.1. The van der Waals surface area contributed by atoms with Crippen LogP contribution in [0.5, 0.6) is 0 Å². The number of hydrogen-bond donors (Lipinski definition) is 6. The van der Waals surface area contributed by atoms with Gasteiger partial charge in [-0.15, -0.1) is 0 Å². The van der Waals surface area contributed by atoms with Crippen LogP contribution in [0.1, 0.15) is 44.2 Å². The lowest BCUT2D eigenvalue weighted by atomic mass is 10.0. The quantitative estimate of drug-likeness (QED) is 0.146. The number of nitrogens with two attached hydrogens (primary N) is 1. The number of amides is 3. The first-order valence-electron chi connectivity index (χ1n) is 15.1. The highest BCUT2D eigenvalue weighted by atomic mass is 16.4. The summed E-state index contributed by atoms with van der Waals surface area (Å²) in [5.74, 6) is -2.33. The summed E-state index contributed by atoms with van der Waals surface area (Å²) in [6.07, 6.45) is 5.30. The van der Waals surface area contributed by atoms with E-state index in [1.165, 1.54) is 4.90 Å². The molecular formula is C33H40N6O5. The van der Waals surface area contributed by atoms with Crippen LogP contribution in [0.3, 0.4) is 0 Å². The molecule has 5 rings (SSSR count). The van der Waals surface area contributed by atoms with Crippen molar-refractivity contribution in [2.24, 2.45) is 11.7 Å². The molecule has 44 heavy (non-hydrogen) atoms. The highest BCUT2D eigenvalue weighted by molar-refractivity contribution is 5.95. The lowest BCUT2D eigenvalue weighted by molar-refractivity contribution is -0.143. The average Bonchev–Trinajstić information content (AvgIpc) is 3.75. The number of hydrogen-bond acceptors (Lipinski definition) is 5. The lowest BCUT2D eigenvalue weighted by Gasteiger charge is -2.29. The smallest absolute Gasteiger partial charge is 0.326 e. The molecule has 0 saturated carbocycles. The summed E-state index contributed by atoms with van der Waals surface area (Å²) in [5.41, 5.74) is 9.47. The SMILES string of the molecule is CC(C)CC(N)C(=O)N1CCCC1C(=O)NC(Cc1c[nH]c2ccccc12)C(=O)NC(Cc1c[nH]c2ccccc12)C(=O)O. The number of carboxylic acids is 1. The summed E-state index contributed by atoms with van der Waals surface area (Å²) in [4.78, 5) is 60.8. The summed E-state index contributed by atoms with van der Waals surface area (Å²) < 4.78 is 0. The van der Waals surface area contributed by atoms with Crippen molar-refractivity contribution < 1.29 is 24.3 Å². The largest absolute Gasteiger partial charge is 0.480 e. The molecule has 11 nitrogen and oxygen atoms in total. The zero-order valence-electron chi connectivity index (χ0n) is 25.0. The fourth-order valence-electron chi connectivity index (χ4n) is 6.12. The Morgan fingerprint density at radius 1 is 0.909 bits per heavy atom. The molecule has 4 unspecified atom stereocenters. The number of likely N-dealkylation sites (tertiary alicyclic amines) is 1. The van der Waals surface area contributed by atoms with E-state index in [0.29, 0.717) is 25.8 Å². The molecule has 7 N–H and O–H groups in total. The van der Waals surface area contributed by atoms with Crippen molar-refractivity contribution in [3.05, 3.63) is 72.1 Å². The number of nitrogens with zero attached hydrogens (tertiary/aromatic N) is 1. The van der Waals surface area contributed by atoms with Crippen LogP contribution in [-0.4, -0.2) is 74.4 Å². The van der Waals surface area contributed by atoms with Gasteiger partial charge in [0, 0.05) is 53.6 Å². The van der Waals surface area contributed by atoms with E-state index in [1.807, 2.05) is 62.4 Å². The van der Waals surface area contributed by atoms with Gasteiger partial charge >= 0.3 is 5.97 Å². The maximum absolute atomic E-state index is 13.8. The predicted molar refractivity (Wildman–Crippen MR) is 168 cm³/mol. The molecule has 0 radical (unpaired) electrons. The lowest BCUT2D eigenvalue weighted by Crippen LogP contribution is -2.57. The standard InChI is InChI=1S/C33H40N6O5/c1-19(2)14-24(34)32(42)39-13-7-12-29(39)31(41)37-27(15-20-17-35-25-10-5-3-8-22(20)25)30(40)38-28(33(43)44)16-21-18-36-26-11-6-4-9-23(21)26/h3-6,8-11,17-19,24,27-29,35-36H,7,12-16,34H2,1-2H3,(H,37,41)(H,38,40)(H,43,44). The van der Waals surface area contributed by atoms with Gasteiger partial charge in [0.05, 0.1) is 6.04 Å². The van der Waals surface area contributed by atoms with Crippen molar-refractivity contribution >= 4 is 45.5 Å². The molecule has 3 heterocycles. The molecule has 11 heteroatoms. The van der Waals surface area contributed by atoms with Crippen LogP contribution in [0.2, 0.25) is 0 Å². The molecule has 0 spiro atoms. The second kappa shape index (κ2) is 13.3. The first-order valence-corrected chi connectivity index (χ1v) is 15.1. The summed E-state index contributed by atoms with van der Waals surface area (Å²) in [5, 5.41) is 17.4. The number of carbonyl (C=O) groups excluding carboxylic acids is 3. The Labute approximate surface area is 255 Å². The van der Waals surface area contributed by atoms with Crippen molar-refractivity contribution in [2.75, 3.05) is 6.54 Å². The van der Waals surface area contributed by atoms with Gasteiger partial charge in [0.2, 0.25) is 17.7 Å². The van der Waals surface area contributed by atoms with Crippen LogP contribution in [0.25, 0.3) is 21.8 Å². The number of nitrogens with one attached hydrogen (secondary N) is 4. The molecule has 2 aromatic heterocycles. The van der Waals surface area contributed by atoms with E-state index >= 15 is 0 Å². The fourth-order valence-corrected chi connectivity index (χ4v) is 6.12. The second-order valence-corrected chi connectivity index (χ2v) is 12.0. The van der Waals surface area contributed by atoms with Crippen LogP contribution in [0.4, 0.5) is 0 Å². The van der Waals surface area contributed by atoms with Crippen LogP contribution >= 0.6 is 0 Å². The molecule has 4 aromatic rings. The average molecular weight is 601 g/mol. The predicted octanol–water partition coefficient (Wildman–Crippen LogP) is 2.85. The van der Waals surface area contributed by atoms with Crippen molar-refractivity contribution in [2.45, 2.75) is 70.1 Å². The number of aromatic nitrogens is 2. The monoisotopic (exact) mass is 600 g/mol. The maximum atomic E-state index is 13.8. The number of carbonyl (C=O) groups is 4. The highest BCUT2D eigenvalue weighted by Gasteiger charge is 2.38. The van der Waals surface area contributed by atoms with Gasteiger partial charge in [-0.25, -0.2) is 4.79 Å². The summed E-state index contributed by atoms with van der Waals surface area (Å²) in [7, 11) is 0. The van der Waals surface area contributed by atoms with Gasteiger partial charge in [0.1, 0.15) is 18.1 Å². The van der Waals surface area contributed by atoms with Gasteiger partial charge < -0.3 is 36.3 Å². The van der Waals surface area contributed by atoms with Crippen LogP contribution in [-0.2, 0) is 32.0 Å².